The number of thiazole rings is 1. The Morgan fingerprint density at radius 3 is 2.43 bits per heavy atom. The lowest BCUT2D eigenvalue weighted by molar-refractivity contribution is -0.206. The molecule has 0 bridgehead atoms. The van der Waals surface area contributed by atoms with Crippen molar-refractivity contribution >= 4 is 38.6 Å². The molecule has 10 heteroatoms. The number of ether oxygens (including phenoxy) is 1. The first kappa shape index (κ1) is 17.0. The van der Waals surface area contributed by atoms with E-state index >= 15 is 0 Å². The number of carbonyl (C=O) groups is 2. The molecule has 2 rings (SSSR count). The van der Waals surface area contributed by atoms with Crippen LogP contribution < -0.4 is 10.6 Å². The van der Waals surface area contributed by atoms with Gasteiger partial charge in [0.1, 0.15) is 0 Å². The number of anilines is 1. The average Bonchev–Trinajstić information content (AvgIpc) is 2.85. The number of para-hydroxylation sites is 1. The van der Waals surface area contributed by atoms with E-state index in [1.165, 1.54) is 0 Å². The Labute approximate surface area is 132 Å². The van der Waals surface area contributed by atoms with Crippen LogP contribution in [0.15, 0.2) is 24.3 Å². The summed E-state index contributed by atoms with van der Waals surface area (Å²) in [6, 6.07) is 6.67. The van der Waals surface area contributed by atoms with Crippen molar-refractivity contribution in [2.75, 3.05) is 12.4 Å². The number of carbonyl (C=O) groups excluding carboxylic acids is 2. The van der Waals surface area contributed by atoms with E-state index in [4.69, 9.17) is 0 Å². The van der Waals surface area contributed by atoms with Gasteiger partial charge in [0.05, 0.1) is 17.3 Å². The number of esters is 1. The second kappa shape index (κ2) is 6.03. The number of amides is 1. The highest BCUT2D eigenvalue weighted by Crippen LogP contribution is 2.35. The fourth-order valence-corrected chi connectivity index (χ4v) is 2.82. The molecule has 0 aliphatic rings. The molecule has 2 aromatic rings. The number of methoxy groups -OCH3 is 1. The number of halogens is 3. The number of rotatable bonds is 4. The van der Waals surface area contributed by atoms with Crippen molar-refractivity contribution in [2.45, 2.75) is 18.8 Å². The lowest BCUT2D eigenvalue weighted by Crippen LogP contribution is -2.69. The standard InChI is InChI=1S/C13H12F3N3O3S/c1-7(20)18-12(10(21)22-2,13(14,15)16)19-11-17-8-5-3-4-6-9(8)23-11/h3-6H,1-2H3,(H,17,19)(H,18,20)/t12-/m1/s1. The molecule has 1 aromatic carbocycles. The van der Waals surface area contributed by atoms with Gasteiger partial charge in [-0.3, -0.25) is 4.79 Å². The fraction of sp³-hybridized carbons (Fsp3) is 0.308. The number of nitrogens with zero attached hydrogens (tertiary/aromatic N) is 1. The van der Waals surface area contributed by atoms with Gasteiger partial charge in [-0.2, -0.15) is 13.2 Å². The summed E-state index contributed by atoms with van der Waals surface area (Å²) in [5.74, 6) is -2.75. The van der Waals surface area contributed by atoms with E-state index in [0.717, 1.165) is 25.4 Å². The van der Waals surface area contributed by atoms with Crippen molar-refractivity contribution in [1.29, 1.82) is 0 Å². The number of fused-ring (bicyclic) bond motifs is 1. The Balaban J connectivity index is 2.51. The van der Waals surface area contributed by atoms with Gasteiger partial charge < -0.3 is 15.4 Å². The summed E-state index contributed by atoms with van der Waals surface area (Å²) < 4.78 is 45.4. The van der Waals surface area contributed by atoms with Crippen molar-refractivity contribution in [1.82, 2.24) is 10.3 Å². The molecule has 6 nitrogen and oxygen atoms in total. The summed E-state index contributed by atoms with van der Waals surface area (Å²) in [6.07, 6.45) is -5.15. The summed E-state index contributed by atoms with van der Waals surface area (Å²) in [7, 11) is 0.796. The van der Waals surface area contributed by atoms with Crippen LogP contribution in [-0.2, 0) is 14.3 Å². The second-order valence-electron chi connectivity index (χ2n) is 4.53. The molecular formula is C13H12F3N3O3S. The summed E-state index contributed by atoms with van der Waals surface area (Å²) in [6.45, 7) is 0.865. The Morgan fingerprint density at radius 1 is 1.26 bits per heavy atom. The van der Waals surface area contributed by atoms with Gasteiger partial charge in [-0.15, -0.1) is 0 Å². The number of alkyl halides is 3. The second-order valence-corrected chi connectivity index (χ2v) is 5.56. The molecule has 0 saturated heterocycles. The quantitative estimate of drug-likeness (QED) is 0.655. The third kappa shape index (κ3) is 3.21. The molecule has 0 fully saturated rings. The van der Waals surface area contributed by atoms with Crippen LogP contribution in [0.4, 0.5) is 18.3 Å². The van der Waals surface area contributed by atoms with E-state index in [1.54, 1.807) is 29.6 Å². The van der Waals surface area contributed by atoms with Crippen LogP contribution >= 0.6 is 11.3 Å². The van der Waals surface area contributed by atoms with E-state index in [9.17, 15) is 22.8 Å². The van der Waals surface area contributed by atoms with E-state index in [0.29, 0.717) is 10.2 Å². The number of hydrogen-bond acceptors (Lipinski definition) is 6. The molecule has 1 atom stereocenters. The molecule has 2 N–H and O–H groups in total. The molecule has 0 unspecified atom stereocenters. The molecule has 0 radical (unpaired) electrons. The third-order valence-corrected chi connectivity index (χ3v) is 3.82. The molecule has 1 amide bonds. The molecule has 1 heterocycles. The SMILES string of the molecule is COC(=O)[C@@](NC(C)=O)(Nc1nc2ccccc2s1)C(F)(F)F. The van der Waals surface area contributed by atoms with E-state index in [1.807, 2.05) is 5.32 Å². The van der Waals surface area contributed by atoms with Crippen molar-refractivity contribution < 1.29 is 27.5 Å². The van der Waals surface area contributed by atoms with Crippen LogP contribution in [0.2, 0.25) is 0 Å². The van der Waals surface area contributed by atoms with Gasteiger partial charge in [-0.25, -0.2) is 9.78 Å². The van der Waals surface area contributed by atoms with Crippen LogP contribution in [-0.4, -0.2) is 35.8 Å². The minimum absolute atomic E-state index is 0.178. The van der Waals surface area contributed by atoms with Crippen LogP contribution in [0.5, 0.6) is 0 Å². The van der Waals surface area contributed by atoms with E-state index in [-0.39, 0.29) is 5.13 Å². The molecule has 0 spiro atoms. The van der Waals surface area contributed by atoms with Crippen LogP contribution in [0, 0.1) is 0 Å². The lowest BCUT2D eigenvalue weighted by Gasteiger charge is -2.33. The first-order valence-corrected chi connectivity index (χ1v) is 7.09. The average molecular weight is 347 g/mol. The maximum Gasteiger partial charge on any atom is 0.442 e. The molecule has 0 aliphatic heterocycles. The molecule has 124 valence electrons. The maximum atomic E-state index is 13.5. The zero-order valence-electron chi connectivity index (χ0n) is 12.0. The Kier molecular flexibility index (Phi) is 4.46. The number of hydrogen-bond donors (Lipinski definition) is 2. The van der Waals surface area contributed by atoms with Crippen molar-refractivity contribution in [2.24, 2.45) is 0 Å². The molecular weight excluding hydrogens is 335 g/mol. The first-order valence-electron chi connectivity index (χ1n) is 6.27. The number of aromatic nitrogens is 1. The highest BCUT2D eigenvalue weighted by Gasteiger charge is 2.63. The first-order chi connectivity index (χ1) is 10.7. The highest BCUT2D eigenvalue weighted by atomic mass is 32.1. The van der Waals surface area contributed by atoms with Gasteiger partial charge in [0, 0.05) is 6.92 Å². The van der Waals surface area contributed by atoms with Crippen molar-refractivity contribution in [3.8, 4) is 0 Å². The third-order valence-electron chi connectivity index (χ3n) is 2.87. The van der Waals surface area contributed by atoms with Gasteiger partial charge >= 0.3 is 17.8 Å². The fourth-order valence-electron chi connectivity index (χ4n) is 1.89. The summed E-state index contributed by atoms with van der Waals surface area (Å²) in [5, 5.41) is 3.40. The van der Waals surface area contributed by atoms with Gasteiger partial charge in [-0.05, 0) is 12.1 Å². The number of nitrogens with one attached hydrogen (secondary N) is 2. The predicted molar refractivity (Wildman–Crippen MR) is 77.9 cm³/mol. The van der Waals surface area contributed by atoms with E-state index in [2.05, 4.69) is 9.72 Å². The lowest BCUT2D eigenvalue weighted by atomic mass is 10.1. The minimum atomic E-state index is -5.15. The molecule has 1 aromatic heterocycles. The summed E-state index contributed by atoms with van der Waals surface area (Å²) >= 11 is 0.914. The predicted octanol–water partition coefficient (Wildman–Crippen LogP) is 2.28. The minimum Gasteiger partial charge on any atom is -0.466 e. The van der Waals surface area contributed by atoms with Crippen molar-refractivity contribution in [3.05, 3.63) is 24.3 Å². The van der Waals surface area contributed by atoms with Crippen molar-refractivity contribution in [3.63, 3.8) is 0 Å². The Morgan fingerprint density at radius 2 is 1.91 bits per heavy atom. The summed E-state index contributed by atoms with van der Waals surface area (Å²) in [5.41, 5.74) is -2.95. The number of benzene rings is 1. The van der Waals surface area contributed by atoms with Crippen LogP contribution in [0.1, 0.15) is 6.92 Å². The Bertz CT molecular complexity index is 714. The monoisotopic (exact) mass is 347 g/mol. The highest BCUT2D eigenvalue weighted by molar-refractivity contribution is 7.22. The molecule has 0 aliphatic carbocycles. The normalized spacial score (nSPS) is 14.1. The Hall–Kier alpha value is -2.36. The van der Waals surface area contributed by atoms with Crippen LogP contribution in [0.3, 0.4) is 0 Å². The molecule has 0 saturated carbocycles. The zero-order chi connectivity index (χ0) is 17.3. The van der Waals surface area contributed by atoms with Crippen LogP contribution in [0.25, 0.3) is 10.2 Å². The zero-order valence-corrected chi connectivity index (χ0v) is 12.8. The van der Waals surface area contributed by atoms with Gasteiger partial charge in [0.25, 0.3) is 0 Å². The van der Waals surface area contributed by atoms with E-state index < -0.39 is 23.7 Å². The topological polar surface area (TPSA) is 80.3 Å². The smallest absolute Gasteiger partial charge is 0.442 e. The maximum absolute atomic E-state index is 13.5. The van der Waals surface area contributed by atoms with Gasteiger partial charge in [-0.1, -0.05) is 23.5 Å². The van der Waals surface area contributed by atoms with Gasteiger partial charge in [0.15, 0.2) is 5.13 Å². The van der Waals surface area contributed by atoms with Gasteiger partial charge in [0.2, 0.25) is 5.91 Å². The largest absolute Gasteiger partial charge is 0.466 e. The molecule has 23 heavy (non-hydrogen) atoms. The summed E-state index contributed by atoms with van der Waals surface area (Å²) in [4.78, 5) is 27.0.